The van der Waals surface area contributed by atoms with Gasteiger partial charge in [-0.05, 0) is 19.4 Å². The van der Waals surface area contributed by atoms with E-state index in [1.807, 2.05) is 0 Å². The van der Waals surface area contributed by atoms with Crippen LogP contribution in [0.5, 0.6) is 0 Å². The molecule has 0 spiro atoms. The molecule has 8 nitrogen and oxygen atoms in total. The fraction of sp³-hybridized carbons (Fsp3) is 0.417. The highest BCUT2D eigenvalue weighted by molar-refractivity contribution is 7.55. The number of carbonyl (C=O) groups is 1. The van der Waals surface area contributed by atoms with Crippen LogP contribution in [0, 0.1) is 0 Å². The minimum atomic E-state index is -3.18. The lowest BCUT2D eigenvalue weighted by Gasteiger charge is -2.11. The molecule has 114 valence electrons. The van der Waals surface area contributed by atoms with Crippen molar-refractivity contribution in [2.45, 2.75) is 20.0 Å². The molecule has 0 saturated heterocycles. The predicted molar refractivity (Wildman–Crippen MR) is 76.1 cm³/mol. The molecule has 2 heterocycles. The molecule has 21 heavy (non-hydrogen) atoms. The Morgan fingerprint density at radius 2 is 2.14 bits per heavy atom. The zero-order chi connectivity index (χ0) is 15.5. The minimum absolute atomic E-state index is 0.0662. The second-order valence-corrected chi connectivity index (χ2v) is 6.34. The summed E-state index contributed by atoms with van der Waals surface area (Å²) in [7, 11) is -3.18. The second-order valence-electron chi connectivity index (χ2n) is 4.32. The van der Waals surface area contributed by atoms with Crippen molar-refractivity contribution in [2.75, 3.05) is 13.2 Å². The van der Waals surface area contributed by atoms with Crippen LogP contribution >= 0.6 is 7.52 Å². The molecule has 0 aromatic carbocycles. The molecule has 0 aliphatic rings. The van der Waals surface area contributed by atoms with Crippen LogP contribution in [-0.4, -0.2) is 33.6 Å². The van der Waals surface area contributed by atoms with E-state index in [1.165, 1.54) is 12.4 Å². The summed E-state index contributed by atoms with van der Waals surface area (Å²) >= 11 is 0. The molecular weight excluding hydrogens is 295 g/mol. The van der Waals surface area contributed by atoms with Gasteiger partial charge in [-0.1, -0.05) is 0 Å². The van der Waals surface area contributed by atoms with Crippen molar-refractivity contribution in [3.8, 4) is 0 Å². The van der Waals surface area contributed by atoms with Crippen molar-refractivity contribution < 1.29 is 18.6 Å². The third-order valence-electron chi connectivity index (χ3n) is 2.60. The van der Waals surface area contributed by atoms with E-state index in [4.69, 9.17) is 14.8 Å². The number of nitrogens with two attached hydrogens (primary N) is 1. The van der Waals surface area contributed by atoms with Gasteiger partial charge in [-0.3, -0.25) is 14.5 Å². The largest absolute Gasteiger partial charge is 0.461 e. The van der Waals surface area contributed by atoms with Crippen molar-refractivity contribution in [3.63, 3.8) is 0 Å². The van der Waals surface area contributed by atoms with E-state index >= 15 is 0 Å². The van der Waals surface area contributed by atoms with Crippen LogP contribution in [0.25, 0.3) is 5.78 Å². The van der Waals surface area contributed by atoms with Gasteiger partial charge in [0.15, 0.2) is 5.69 Å². The van der Waals surface area contributed by atoms with Gasteiger partial charge in [0.1, 0.15) is 0 Å². The third kappa shape index (κ3) is 3.87. The van der Waals surface area contributed by atoms with E-state index in [1.54, 1.807) is 24.4 Å². The Bertz CT molecular complexity index is 700. The number of esters is 1. The Kier molecular flexibility index (Phi) is 4.72. The van der Waals surface area contributed by atoms with Gasteiger partial charge >= 0.3 is 5.97 Å². The van der Waals surface area contributed by atoms with Crippen LogP contribution in [0.1, 0.15) is 29.9 Å². The summed E-state index contributed by atoms with van der Waals surface area (Å²) in [6, 6.07) is 0. The topological polar surface area (TPSA) is 109 Å². The smallest absolute Gasteiger partial charge is 0.358 e. The number of ether oxygens (including phenoxy) is 1. The van der Waals surface area contributed by atoms with Crippen LogP contribution < -0.4 is 5.50 Å². The average Bonchev–Trinajstić information content (AvgIpc) is 2.81. The highest BCUT2D eigenvalue weighted by atomic mass is 31.2. The first-order chi connectivity index (χ1) is 9.95. The van der Waals surface area contributed by atoms with Gasteiger partial charge in [0.2, 0.25) is 5.78 Å². The molecule has 0 amide bonds. The van der Waals surface area contributed by atoms with E-state index in [2.05, 4.69) is 9.97 Å². The maximum Gasteiger partial charge on any atom is 0.358 e. The number of hydrogen-bond donors (Lipinski definition) is 1. The molecule has 9 heteroatoms. The zero-order valence-electron chi connectivity index (χ0n) is 11.9. The maximum atomic E-state index is 11.9. The predicted octanol–water partition coefficient (Wildman–Crippen LogP) is 1.59. The molecule has 0 radical (unpaired) electrons. The molecule has 0 aliphatic heterocycles. The van der Waals surface area contributed by atoms with Crippen LogP contribution in [0.2, 0.25) is 0 Å². The van der Waals surface area contributed by atoms with Gasteiger partial charge < -0.3 is 9.26 Å². The standard InChI is InChI=1S/C12H17N4O4P/c1-3-19-11(17)10-7-16-6-9(5-14-12(16)15-10)8-21(13,18)20-4-2/h5-7H,3-4,8H2,1-2H3,(H2,13,18). The van der Waals surface area contributed by atoms with Gasteiger partial charge in [0.05, 0.1) is 19.4 Å². The number of aromatic nitrogens is 3. The summed E-state index contributed by atoms with van der Waals surface area (Å²) in [5, 5.41) is 0. The Labute approximate surface area is 121 Å². The highest BCUT2D eigenvalue weighted by Crippen LogP contribution is 2.41. The Hall–Kier alpha value is -1.76. The first-order valence-corrected chi connectivity index (χ1v) is 8.36. The first kappa shape index (κ1) is 15.6. The van der Waals surface area contributed by atoms with Gasteiger partial charge in [-0.25, -0.2) is 14.8 Å². The molecule has 2 N–H and O–H groups in total. The van der Waals surface area contributed by atoms with E-state index in [9.17, 15) is 9.36 Å². The molecule has 0 bridgehead atoms. The molecular formula is C12H17N4O4P. The van der Waals surface area contributed by atoms with Crippen molar-refractivity contribution >= 4 is 19.3 Å². The van der Waals surface area contributed by atoms with E-state index in [0.717, 1.165) is 0 Å². The Morgan fingerprint density at radius 1 is 1.38 bits per heavy atom. The fourth-order valence-electron chi connectivity index (χ4n) is 1.83. The van der Waals surface area contributed by atoms with Crippen LogP contribution in [-0.2, 0) is 20.0 Å². The highest BCUT2D eigenvalue weighted by Gasteiger charge is 2.18. The lowest BCUT2D eigenvalue weighted by Crippen LogP contribution is -2.04. The van der Waals surface area contributed by atoms with Gasteiger partial charge in [-0.2, -0.15) is 0 Å². The molecule has 2 aromatic rings. The minimum Gasteiger partial charge on any atom is -0.461 e. The summed E-state index contributed by atoms with van der Waals surface area (Å²) in [5.41, 5.74) is 6.41. The fourth-order valence-corrected chi connectivity index (χ4v) is 3.03. The molecule has 1 atom stereocenters. The third-order valence-corrected chi connectivity index (χ3v) is 4.10. The van der Waals surface area contributed by atoms with Gasteiger partial charge in [-0.15, -0.1) is 0 Å². The quantitative estimate of drug-likeness (QED) is 0.637. The molecule has 0 fully saturated rings. The van der Waals surface area contributed by atoms with Crippen molar-refractivity contribution in [3.05, 3.63) is 29.8 Å². The molecule has 2 rings (SSSR count). The maximum absolute atomic E-state index is 11.9. The van der Waals surface area contributed by atoms with Crippen LogP contribution in [0.3, 0.4) is 0 Å². The molecule has 2 aromatic heterocycles. The van der Waals surface area contributed by atoms with Crippen molar-refractivity contribution in [2.24, 2.45) is 5.50 Å². The van der Waals surface area contributed by atoms with Gasteiger partial charge in [0, 0.05) is 18.6 Å². The normalized spacial score (nSPS) is 14.0. The summed E-state index contributed by atoms with van der Waals surface area (Å²) in [6.07, 6.45) is 4.75. The SMILES string of the molecule is CCOC(=O)c1cn2cc(CP(N)(=O)OCC)cnc2n1. The number of nitrogens with zero attached hydrogens (tertiary/aromatic N) is 3. The van der Waals surface area contributed by atoms with Crippen LogP contribution in [0.4, 0.5) is 0 Å². The van der Waals surface area contributed by atoms with Crippen molar-refractivity contribution in [1.82, 2.24) is 14.4 Å². The Morgan fingerprint density at radius 3 is 2.81 bits per heavy atom. The number of carbonyl (C=O) groups excluding carboxylic acids is 1. The first-order valence-electron chi connectivity index (χ1n) is 6.48. The summed E-state index contributed by atoms with van der Waals surface area (Å²) in [5.74, 6) is -0.159. The summed E-state index contributed by atoms with van der Waals surface area (Å²) in [6.45, 7) is 4.00. The summed E-state index contributed by atoms with van der Waals surface area (Å²) in [4.78, 5) is 19.8. The summed E-state index contributed by atoms with van der Waals surface area (Å²) < 4.78 is 23.4. The number of imidazole rings is 1. The van der Waals surface area contributed by atoms with E-state index < -0.39 is 13.5 Å². The average molecular weight is 312 g/mol. The van der Waals surface area contributed by atoms with Crippen LogP contribution in [0.15, 0.2) is 18.6 Å². The molecule has 1 unspecified atom stereocenters. The molecule has 0 aliphatic carbocycles. The van der Waals surface area contributed by atoms with E-state index in [0.29, 0.717) is 11.3 Å². The number of rotatable bonds is 6. The lowest BCUT2D eigenvalue weighted by molar-refractivity contribution is 0.0520. The number of hydrogen-bond acceptors (Lipinski definition) is 6. The number of fused-ring (bicyclic) bond motifs is 1. The zero-order valence-corrected chi connectivity index (χ0v) is 12.7. The lowest BCUT2D eigenvalue weighted by atomic mass is 10.4. The second kappa shape index (κ2) is 6.34. The van der Waals surface area contributed by atoms with Gasteiger partial charge in [0.25, 0.3) is 7.52 Å². The van der Waals surface area contributed by atoms with E-state index in [-0.39, 0.29) is 25.1 Å². The van der Waals surface area contributed by atoms with Crippen molar-refractivity contribution in [1.29, 1.82) is 0 Å². The Balaban J connectivity index is 2.25. The molecule has 0 saturated carbocycles. The monoisotopic (exact) mass is 312 g/mol.